The van der Waals surface area contributed by atoms with E-state index in [0.29, 0.717) is 0 Å². The lowest BCUT2D eigenvalue weighted by Crippen LogP contribution is -2.10. The van der Waals surface area contributed by atoms with Crippen LogP contribution in [-0.2, 0) is 6.42 Å². The second kappa shape index (κ2) is 13.0. The Morgan fingerprint density at radius 2 is 0.948 bits per heavy atom. The molecule has 4 nitrogen and oxygen atoms in total. The molecule has 0 radical (unpaired) electrons. The Hall–Kier alpha value is -7.56. The molecule has 0 N–H and O–H groups in total. The van der Waals surface area contributed by atoms with Gasteiger partial charge in [0.05, 0.1) is 22.1 Å². The number of para-hydroxylation sites is 5. The number of hydrogen-bond acceptors (Lipinski definition) is 2. The molecule has 0 unspecified atom stereocenters. The summed E-state index contributed by atoms with van der Waals surface area (Å²) in [5.74, 6) is 1.08. The van der Waals surface area contributed by atoms with Gasteiger partial charge in [-0.05, 0) is 84.8 Å². The van der Waals surface area contributed by atoms with Gasteiger partial charge in [-0.3, -0.25) is 0 Å². The van der Waals surface area contributed by atoms with Crippen LogP contribution in [-0.4, -0.2) is 9.13 Å². The van der Waals surface area contributed by atoms with Crippen molar-refractivity contribution in [3.63, 3.8) is 0 Å². The quantitative estimate of drug-likeness (QED) is 0.170. The molecule has 58 heavy (non-hydrogen) atoms. The predicted molar refractivity (Wildman–Crippen MR) is 242 cm³/mol. The fourth-order valence-corrected chi connectivity index (χ4v) is 9.34. The van der Waals surface area contributed by atoms with Crippen LogP contribution in [0.5, 0.6) is 0 Å². The first-order valence-corrected chi connectivity index (χ1v) is 20.1. The fourth-order valence-electron chi connectivity index (χ4n) is 9.34. The van der Waals surface area contributed by atoms with Gasteiger partial charge < -0.3 is 18.5 Å². The molecular formula is C54H37N3O. The van der Waals surface area contributed by atoms with E-state index in [2.05, 4.69) is 214 Å². The van der Waals surface area contributed by atoms with Gasteiger partial charge in [0.15, 0.2) is 0 Å². The highest BCUT2D eigenvalue weighted by Gasteiger charge is 2.21. The normalized spacial score (nSPS) is 12.6. The first-order valence-electron chi connectivity index (χ1n) is 20.1. The van der Waals surface area contributed by atoms with Gasteiger partial charge in [-0.2, -0.15) is 0 Å². The number of allylic oxidation sites excluding steroid dienone is 1. The topological polar surface area (TPSA) is 26.2 Å². The van der Waals surface area contributed by atoms with Crippen LogP contribution < -0.4 is 4.90 Å². The molecule has 0 saturated carbocycles. The van der Waals surface area contributed by atoms with Crippen molar-refractivity contribution in [2.24, 2.45) is 0 Å². The predicted octanol–water partition coefficient (Wildman–Crippen LogP) is 14.7. The van der Waals surface area contributed by atoms with Gasteiger partial charge in [-0.15, -0.1) is 0 Å². The van der Waals surface area contributed by atoms with Crippen molar-refractivity contribution in [2.45, 2.75) is 12.8 Å². The summed E-state index contributed by atoms with van der Waals surface area (Å²) in [6, 6.07) is 68.2. The average molecular weight is 744 g/mol. The minimum absolute atomic E-state index is 0.939. The molecule has 0 bridgehead atoms. The summed E-state index contributed by atoms with van der Waals surface area (Å²) in [4.78, 5) is 2.40. The van der Waals surface area contributed by atoms with Crippen LogP contribution in [0.2, 0.25) is 0 Å². The molecule has 3 heterocycles. The maximum atomic E-state index is 6.55. The minimum Gasteiger partial charge on any atom is -0.460 e. The number of aryl methyl sites for hydroxylation is 1. The second-order valence-electron chi connectivity index (χ2n) is 15.2. The summed E-state index contributed by atoms with van der Waals surface area (Å²) in [5.41, 5.74) is 14.6. The van der Waals surface area contributed by atoms with Gasteiger partial charge in [-0.25, -0.2) is 0 Å². The number of hydrogen-bond donors (Lipinski definition) is 0. The van der Waals surface area contributed by atoms with Crippen molar-refractivity contribution in [1.82, 2.24) is 9.13 Å². The summed E-state index contributed by atoms with van der Waals surface area (Å²) in [6.07, 6.45) is 6.43. The van der Waals surface area contributed by atoms with E-state index in [1.54, 1.807) is 0 Å². The van der Waals surface area contributed by atoms with Crippen LogP contribution >= 0.6 is 0 Å². The van der Waals surface area contributed by atoms with E-state index >= 15 is 0 Å². The Kier molecular flexibility index (Phi) is 7.32. The van der Waals surface area contributed by atoms with E-state index in [4.69, 9.17) is 4.42 Å². The molecule has 0 aliphatic heterocycles. The summed E-state index contributed by atoms with van der Waals surface area (Å²) >= 11 is 0. The number of fused-ring (bicyclic) bond motifs is 9. The van der Waals surface area contributed by atoms with Crippen LogP contribution in [0.15, 0.2) is 199 Å². The highest BCUT2D eigenvalue weighted by atomic mass is 16.3. The van der Waals surface area contributed by atoms with Gasteiger partial charge in [0.2, 0.25) is 0 Å². The zero-order valence-electron chi connectivity index (χ0n) is 31.7. The van der Waals surface area contributed by atoms with Crippen LogP contribution in [0.4, 0.5) is 17.1 Å². The zero-order valence-corrected chi connectivity index (χ0v) is 31.7. The third-order valence-corrected chi connectivity index (χ3v) is 11.9. The molecule has 1 aliphatic rings. The molecule has 0 spiro atoms. The lowest BCUT2D eigenvalue weighted by molar-refractivity contribution is 0.547. The van der Waals surface area contributed by atoms with E-state index in [9.17, 15) is 0 Å². The minimum atomic E-state index is 0.939. The Morgan fingerprint density at radius 3 is 1.55 bits per heavy atom. The Bertz CT molecular complexity index is 3230. The molecule has 274 valence electrons. The Balaban J connectivity index is 1.08. The number of rotatable bonds is 6. The van der Waals surface area contributed by atoms with Crippen molar-refractivity contribution < 1.29 is 4.42 Å². The standard InChI is InChI=1S/C54H37N3O/c1-3-14-37(15-4-1)56-49-23-10-7-18-43(49)45-32-30-40(34-51(45)56)55(39-28-26-36(27-29-39)42-21-13-22-48-47-20-9-12-25-53(47)58-54(42)48)41-31-33-46-44-19-8-11-24-50(44)57(52(46)35-41)38-16-5-2-6-17-38/h1-11,13-24,26-35H,12,25H2. The first-order chi connectivity index (χ1) is 28.8. The molecule has 0 atom stereocenters. The van der Waals surface area contributed by atoms with Crippen molar-refractivity contribution in [1.29, 1.82) is 0 Å². The van der Waals surface area contributed by atoms with Gasteiger partial charge in [0.1, 0.15) is 11.3 Å². The lowest BCUT2D eigenvalue weighted by Gasteiger charge is -2.26. The van der Waals surface area contributed by atoms with E-state index in [1.165, 1.54) is 43.5 Å². The smallest absolute Gasteiger partial charge is 0.142 e. The monoisotopic (exact) mass is 743 g/mol. The first kappa shape index (κ1) is 32.7. The van der Waals surface area contributed by atoms with Gasteiger partial charge >= 0.3 is 0 Å². The molecule has 1 aliphatic carbocycles. The molecule has 0 amide bonds. The van der Waals surface area contributed by atoms with Gasteiger partial charge in [0.25, 0.3) is 0 Å². The molecule has 12 rings (SSSR count). The number of benzene rings is 8. The maximum Gasteiger partial charge on any atom is 0.142 e. The molecule has 0 saturated heterocycles. The number of furan rings is 1. The van der Waals surface area contributed by atoms with Crippen molar-refractivity contribution in [2.75, 3.05) is 4.90 Å². The molecule has 4 heteroatoms. The number of anilines is 3. The Labute approximate surface area is 335 Å². The van der Waals surface area contributed by atoms with Crippen molar-refractivity contribution in [3.05, 3.63) is 205 Å². The second-order valence-corrected chi connectivity index (χ2v) is 15.2. The highest BCUT2D eigenvalue weighted by Crippen LogP contribution is 2.43. The summed E-state index contributed by atoms with van der Waals surface area (Å²) in [5, 5.41) is 6.10. The molecule has 0 fully saturated rings. The third-order valence-electron chi connectivity index (χ3n) is 11.9. The van der Waals surface area contributed by atoms with Crippen molar-refractivity contribution >= 4 is 77.7 Å². The zero-order chi connectivity index (χ0) is 38.2. The van der Waals surface area contributed by atoms with Crippen LogP contribution in [0.1, 0.15) is 17.7 Å². The fraction of sp³-hybridized carbons (Fsp3) is 0.0370. The van der Waals surface area contributed by atoms with Crippen LogP contribution in [0.3, 0.4) is 0 Å². The van der Waals surface area contributed by atoms with Gasteiger partial charge in [-0.1, -0.05) is 127 Å². The number of nitrogens with zero attached hydrogens (tertiary/aromatic N) is 3. The van der Waals surface area contributed by atoms with E-state index < -0.39 is 0 Å². The summed E-state index contributed by atoms with van der Waals surface area (Å²) in [6.45, 7) is 0. The maximum absolute atomic E-state index is 6.55. The van der Waals surface area contributed by atoms with E-state index in [0.717, 1.165) is 74.8 Å². The molecule has 11 aromatic rings. The number of aromatic nitrogens is 2. The van der Waals surface area contributed by atoms with E-state index in [-0.39, 0.29) is 0 Å². The van der Waals surface area contributed by atoms with E-state index in [1.807, 2.05) is 0 Å². The summed E-state index contributed by atoms with van der Waals surface area (Å²) < 4.78 is 11.3. The third kappa shape index (κ3) is 5.01. The molecule has 8 aromatic carbocycles. The largest absolute Gasteiger partial charge is 0.460 e. The lowest BCUT2D eigenvalue weighted by atomic mass is 9.99. The SMILES string of the molecule is C1=Cc2c(oc3c(-c4ccc(N(c5ccc6c7ccccc7n(-c7ccccc7)c6c5)c5ccc6c7ccccc7n(-c7ccccc7)c6c5)cc4)cccc23)CC1. The van der Waals surface area contributed by atoms with Gasteiger partial charge in [0, 0.05) is 72.9 Å². The average Bonchev–Trinajstić information content (AvgIpc) is 3.95. The molecular weight excluding hydrogens is 707 g/mol. The summed E-state index contributed by atoms with van der Waals surface area (Å²) in [7, 11) is 0. The van der Waals surface area contributed by atoms with Crippen LogP contribution in [0, 0.1) is 0 Å². The van der Waals surface area contributed by atoms with Crippen molar-refractivity contribution in [3.8, 4) is 22.5 Å². The highest BCUT2D eigenvalue weighted by molar-refractivity contribution is 6.12. The van der Waals surface area contributed by atoms with Crippen LogP contribution in [0.25, 0.3) is 83.2 Å². The molecule has 3 aromatic heterocycles. The Morgan fingerprint density at radius 1 is 0.431 bits per heavy atom.